The van der Waals surface area contributed by atoms with Gasteiger partial charge in [-0.25, -0.2) is 4.68 Å². The lowest BCUT2D eigenvalue weighted by Crippen LogP contribution is -2.25. The molecule has 0 radical (unpaired) electrons. The van der Waals surface area contributed by atoms with Crippen LogP contribution in [0.3, 0.4) is 0 Å². The van der Waals surface area contributed by atoms with Crippen molar-refractivity contribution in [3.8, 4) is 0 Å². The van der Waals surface area contributed by atoms with Gasteiger partial charge in [-0.3, -0.25) is 9.59 Å². The second kappa shape index (κ2) is 7.38. The van der Waals surface area contributed by atoms with Crippen molar-refractivity contribution >= 4 is 11.9 Å². The van der Waals surface area contributed by atoms with E-state index < -0.39 is 5.97 Å². The molecule has 18 heavy (non-hydrogen) atoms. The number of carboxylic acid groups (broad SMARTS) is 1. The lowest BCUT2D eigenvalue weighted by molar-refractivity contribution is -0.137. The van der Waals surface area contributed by atoms with Crippen LogP contribution in [0.1, 0.15) is 23.8 Å². The highest BCUT2D eigenvalue weighted by Gasteiger charge is 2.11. The molecular weight excluding hydrogens is 240 g/mol. The Balaban J connectivity index is 2.33. The van der Waals surface area contributed by atoms with E-state index in [1.807, 2.05) is 6.92 Å². The fraction of sp³-hybridized carbons (Fsp3) is 0.600. The van der Waals surface area contributed by atoms with Gasteiger partial charge in [0.05, 0.1) is 6.20 Å². The molecule has 1 aromatic rings. The molecule has 8 nitrogen and oxygen atoms in total. The fourth-order valence-electron chi connectivity index (χ4n) is 1.23. The van der Waals surface area contributed by atoms with Crippen LogP contribution in [0.4, 0.5) is 0 Å². The molecule has 0 saturated carbocycles. The quantitative estimate of drug-likeness (QED) is 0.608. The van der Waals surface area contributed by atoms with Crippen molar-refractivity contribution < 1.29 is 19.4 Å². The molecule has 0 atom stereocenters. The van der Waals surface area contributed by atoms with Gasteiger partial charge in [0.25, 0.3) is 5.91 Å². The number of aromatic nitrogens is 3. The number of hydrogen-bond acceptors (Lipinski definition) is 5. The van der Waals surface area contributed by atoms with Crippen LogP contribution in [0.5, 0.6) is 0 Å². The van der Waals surface area contributed by atoms with Crippen molar-refractivity contribution in [1.82, 2.24) is 20.3 Å². The minimum Gasteiger partial charge on any atom is -0.480 e. The zero-order valence-electron chi connectivity index (χ0n) is 10.1. The van der Waals surface area contributed by atoms with Gasteiger partial charge < -0.3 is 15.2 Å². The maximum atomic E-state index is 11.6. The van der Waals surface area contributed by atoms with Crippen LogP contribution in [0.2, 0.25) is 0 Å². The molecule has 2 N–H and O–H groups in total. The molecule has 1 aromatic heterocycles. The summed E-state index contributed by atoms with van der Waals surface area (Å²) in [7, 11) is 0. The van der Waals surface area contributed by atoms with Crippen LogP contribution in [-0.4, -0.2) is 51.7 Å². The second-order valence-electron chi connectivity index (χ2n) is 3.50. The first-order valence-electron chi connectivity index (χ1n) is 5.61. The van der Waals surface area contributed by atoms with Gasteiger partial charge >= 0.3 is 5.97 Å². The normalized spacial score (nSPS) is 10.3. The molecule has 0 unspecified atom stereocenters. The molecule has 1 amide bonds. The number of nitrogens with one attached hydrogen (secondary N) is 1. The van der Waals surface area contributed by atoms with Crippen LogP contribution in [0, 0.1) is 0 Å². The molecule has 0 aliphatic heterocycles. The van der Waals surface area contributed by atoms with Crippen molar-refractivity contribution in [2.24, 2.45) is 0 Å². The third-order valence-corrected chi connectivity index (χ3v) is 2.02. The van der Waals surface area contributed by atoms with Crippen molar-refractivity contribution in [2.75, 3.05) is 19.8 Å². The Morgan fingerprint density at radius 2 is 2.33 bits per heavy atom. The summed E-state index contributed by atoms with van der Waals surface area (Å²) in [5.74, 6) is -1.41. The monoisotopic (exact) mass is 256 g/mol. The predicted molar refractivity (Wildman–Crippen MR) is 61.1 cm³/mol. The van der Waals surface area contributed by atoms with Crippen LogP contribution in [0.25, 0.3) is 0 Å². The molecule has 1 rings (SSSR count). The van der Waals surface area contributed by atoms with Gasteiger partial charge in [0.15, 0.2) is 5.69 Å². The predicted octanol–water partition coefficient (Wildman–Crippen LogP) is -0.481. The van der Waals surface area contributed by atoms with Crippen molar-refractivity contribution in [2.45, 2.75) is 19.9 Å². The Morgan fingerprint density at radius 3 is 3.00 bits per heavy atom. The second-order valence-corrected chi connectivity index (χ2v) is 3.50. The summed E-state index contributed by atoms with van der Waals surface area (Å²) in [6, 6.07) is 0. The SMILES string of the molecule is CCOCCCNC(=O)c1cn(CC(=O)O)nn1. The molecule has 0 aliphatic rings. The minimum atomic E-state index is -1.04. The standard InChI is InChI=1S/C10H16N4O4/c1-2-18-5-3-4-11-10(17)8-6-14(13-12-8)7-9(15)16/h6H,2-5,7H2,1H3,(H,11,17)(H,15,16). The first kappa shape index (κ1) is 14.1. The number of carbonyl (C=O) groups is 2. The lowest BCUT2D eigenvalue weighted by atomic mass is 10.4. The van der Waals surface area contributed by atoms with Gasteiger partial charge in [0.2, 0.25) is 0 Å². The maximum absolute atomic E-state index is 11.6. The van der Waals surface area contributed by atoms with Crippen LogP contribution in [-0.2, 0) is 16.1 Å². The summed E-state index contributed by atoms with van der Waals surface area (Å²) in [4.78, 5) is 22.0. The maximum Gasteiger partial charge on any atom is 0.325 e. The summed E-state index contributed by atoms with van der Waals surface area (Å²) >= 11 is 0. The van der Waals surface area contributed by atoms with Crippen LogP contribution >= 0.6 is 0 Å². The van der Waals surface area contributed by atoms with E-state index >= 15 is 0 Å². The first-order valence-corrected chi connectivity index (χ1v) is 5.61. The largest absolute Gasteiger partial charge is 0.480 e. The molecule has 100 valence electrons. The third-order valence-electron chi connectivity index (χ3n) is 2.02. The third kappa shape index (κ3) is 4.91. The summed E-state index contributed by atoms with van der Waals surface area (Å²) in [6.45, 7) is 3.30. The summed E-state index contributed by atoms with van der Waals surface area (Å²) in [6.07, 6.45) is 2.01. The van der Waals surface area contributed by atoms with Crippen molar-refractivity contribution in [3.63, 3.8) is 0 Å². The molecule has 1 heterocycles. The van der Waals surface area contributed by atoms with Gasteiger partial charge in [-0.1, -0.05) is 5.21 Å². The molecule has 0 spiro atoms. The molecule has 0 saturated heterocycles. The van der Waals surface area contributed by atoms with Crippen LogP contribution in [0.15, 0.2) is 6.20 Å². The van der Waals surface area contributed by atoms with Gasteiger partial charge in [-0.15, -0.1) is 5.10 Å². The highest BCUT2D eigenvalue weighted by Crippen LogP contribution is 1.93. The Hall–Kier alpha value is -1.96. The van der Waals surface area contributed by atoms with Crippen molar-refractivity contribution in [3.05, 3.63) is 11.9 Å². The Labute approximate surface area is 104 Å². The highest BCUT2D eigenvalue weighted by atomic mass is 16.5. The molecule has 0 aromatic carbocycles. The van der Waals surface area contributed by atoms with E-state index in [-0.39, 0.29) is 18.1 Å². The van der Waals surface area contributed by atoms with Gasteiger partial charge in [-0.05, 0) is 13.3 Å². The molecule has 0 bridgehead atoms. The van der Waals surface area contributed by atoms with E-state index in [2.05, 4.69) is 15.6 Å². The Morgan fingerprint density at radius 1 is 1.56 bits per heavy atom. The zero-order chi connectivity index (χ0) is 13.4. The molecule has 0 aliphatic carbocycles. The molecule has 8 heteroatoms. The average Bonchev–Trinajstić information content (AvgIpc) is 2.76. The lowest BCUT2D eigenvalue weighted by Gasteiger charge is -2.02. The Kier molecular flexibility index (Phi) is 5.78. The van der Waals surface area contributed by atoms with Gasteiger partial charge in [0.1, 0.15) is 6.54 Å². The summed E-state index contributed by atoms with van der Waals surface area (Å²) in [5, 5.41) is 18.3. The number of carboxylic acids is 1. The number of aliphatic carboxylic acids is 1. The number of nitrogens with zero attached hydrogens (tertiary/aromatic N) is 3. The van der Waals surface area contributed by atoms with Gasteiger partial charge in [0, 0.05) is 19.8 Å². The zero-order valence-corrected chi connectivity index (χ0v) is 10.1. The van der Waals surface area contributed by atoms with Gasteiger partial charge in [-0.2, -0.15) is 0 Å². The minimum absolute atomic E-state index is 0.104. The first-order chi connectivity index (χ1) is 8.63. The number of hydrogen-bond donors (Lipinski definition) is 2. The van der Waals surface area contributed by atoms with E-state index in [0.717, 1.165) is 4.68 Å². The van der Waals surface area contributed by atoms with E-state index in [1.165, 1.54) is 6.20 Å². The van der Waals surface area contributed by atoms with E-state index in [0.29, 0.717) is 26.2 Å². The number of rotatable bonds is 8. The van der Waals surface area contributed by atoms with E-state index in [9.17, 15) is 9.59 Å². The summed E-state index contributed by atoms with van der Waals surface area (Å²) < 4.78 is 6.21. The molecule has 0 fully saturated rings. The topological polar surface area (TPSA) is 106 Å². The van der Waals surface area contributed by atoms with Crippen LogP contribution < -0.4 is 5.32 Å². The number of amides is 1. The van der Waals surface area contributed by atoms with Crippen molar-refractivity contribution in [1.29, 1.82) is 0 Å². The highest BCUT2D eigenvalue weighted by molar-refractivity contribution is 5.91. The van der Waals surface area contributed by atoms with E-state index in [4.69, 9.17) is 9.84 Å². The smallest absolute Gasteiger partial charge is 0.325 e. The number of carbonyl (C=O) groups excluding carboxylic acids is 1. The summed E-state index contributed by atoms with van der Waals surface area (Å²) in [5.41, 5.74) is 0.104. The number of ether oxygens (including phenoxy) is 1. The fourth-order valence-corrected chi connectivity index (χ4v) is 1.23. The average molecular weight is 256 g/mol. The Bertz CT molecular complexity index is 404. The molecular formula is C10H16N4O4. The van der Waals surface area contributed by atoms with E-state index in [1.54, 1.807) is 0 Å².